The lowest BCUT2D eigenvalue weighted by Crippen LogP contribution is -2.45. The van der Waals surface area contributed by atoms with E-state index < -0.39 is 5.97 Å². The van der Waals surface area contributed by atoms with Gasteiger partial charge in [-0.05, 0) is 25.7 Å². The van der Waals surface area contributed by atoms with Crippen molar-refractivity contribution in [3.63, 3.8) is 0 Å². The summed E-state index contributed by atoms with van der Waals surface area (Å²) < 4.78 is 0. The van der Waals surface area contributed by atoms with Crippen molar-refractivity contribution < 1.29 is 19.8 Å². The number of hydrogen-bond acceptors (Lipinski definition) is 3. The van der Waals surface area contributed by atoms with Crippen LogP contribution in [-0.4, -0.2) is 46.2 Å². The van der Waals surface area contributed by atoms with Crippen LogP contribution in [0.1, 0.15) is 51.4 Å². The fourth-order valence-corrected chi connectivity index (χ4v) is 2.40. The summed E-state index contributed by atoms with van der Waals surface area (Å²) in [4.78, 5) is 23.8. The Labute approximate surface area is 108 Å². The van der Waals surface area contributed by atoms with Gasteiger partial charge in [-0.2, -0.15) is 0 Å². The molecule has 2 N–H and O–H groups in total. The molecule has 104 valence electrons. The third kappa shape index (κ3) is 5.04. The van der Waals surface area contributed by atoms with Crippen LogP contribution >= 0.6 is 0 Å². The molecule has 0 bridgehead atoms. The number of aliphatic carboxylic acids is 1. The molecule has 5 heteroatoms. The Balaban J connectivity index is 2.16. The number of carbonyl (C=O) groups is 2. The van der Waals surface area contributed by atoms with Crippen molar-refractivity contribution in [3.8, 4) is 0 Å². The molecule has 0 saturated carbocycles. The fraction of sp³-hybridized carbons (Fsp3) is 0.846. The molecule has 0 aromatic heterocycles. The van der Waals surface area contributed by atoms with Gasteiger partial charge < -0.3 is 15.1 Å². The molecule has 1 rings (SSSR count). The van der Waals surface area contributed by atoms with Crippen LogP contribution in [0.3, 0.4) is 0 Å². The number of aliphatic hydroxyl groups excluding tert-OH is 1. The van der Waals surface area contributed by atoms with Crippen LogP contribution in [0, 0.1) is 0 Å². The highest BCUT2D eigenvalue weighted by Crippen LogP contribution is 2.18. The van der Waals surface area contributed by atoms with Crippen LogP contribution in [0.2, 0.25) is 0 Å². The highest BCUT2D eigenvalue weighted by molar-refractivity contribution is 5.77. The van der Waals surface area contributed by atoms with Crippen LogP contribution < -0.4 is 0 Å². The molecule has 1 unspecified atom stereocenters. The van der Waals surface area contributed by atoms with Gasteiger partial charge in [-0.25, -0.2) is 0 Å². The average molecular weight is 257 g/mol. The van der Waals surface area contributed by atoms with Crippen molar-refractivity contribution in [2.75, 3.05) is 13.2 Å². The van der Waals surface area contributed by atoms with Crippen LogP contribution in [0.4, 0.5) is 0 Å². The van der Waals surface area contributed by atoms with E-state index in [4.69, 9.17) is 5.11 Å². The van der Waals surface area contributed by atoms with Gasteiger partial charge in [0.1, 0.15) is 0 Å². The fourth-order valence-electron chi connectivity index (χ4n) is 2.40. The van der Waals surface area contributed by atoms with E-state index in [-0.39, 0.29) is 25.0 Å². The predicted molar refractivity (Wildman–Crippen MR) is 67.2 cm³/mol. The molecular formula is C13H23NO4. The van der Waals surface area contributed by atoms with Crippen molar-refractivity contribution >= 4 is 11.9 Å². The van der Waals surface area contributed by atoms with Gasteiger partial charge in [0.2, 0.25) is 5.91 Å². The molecule has 18 heavy (non-hydrogen) atoms. The van der Waals surface area contributed by atoms with Gasteiger partial charge in [0, 0.05) is 19.4 Å². The van der Waals surface area contributed by atoms with Crippen molar-refractivity contribution in [3.05, 3.63) is 0 Å². The zero-order chi connectivity index (χ0) is 13.4. The number of amides is 1. The maximum atomic E-state index is 11.7. The van der Waals surface area contributed by atoms with Crippen molar-refractivity contribution in [1.29, 1.82) is 0 Å². The lowest BCUT2D eigenvalue weighted by atomic mass is 10.0. The molecule has 1 atom stereocenters. The molecular weight excluding hydrogens is 234 g/mol. The van der Waals surface area contributed by atoms with E-state index in [0.717, 1.165) is 32.1 Å². The molecule has 1 fully saturated rings. The number of carbonyl (C=O) groups excluding carboxylic acids is 1. The number of carboxylic acid groups (broad SMARTS) is 1. The lowest BCUT2D eigenvalue weighted by molar-refractivity contribution is -0.138. The van der Waals surface area contributed by atoms with Crippen LogP contribution in [0.25, 0.3) is 0 Å². The zero-order valence-electron chi connectivity index (χ0n) is 10.8. The second-order valence-electron chi connectivity index (χ2n) is 4.87. The Morgan fingerprint density at radius 1 is 1.28 bits per heavy atom. The summed E-state index contributed by atoms with van der Waals surface area (Å²) in [6, 6.07) is -0.00901. The van der Waals surface area contributed by atoms with Gasteiger partial charge in [0.15, 0.2) is 0 Å². The first-order valence-corrected chi connectivity index (χ1v) is 6.77. The quantitative estimate of drug-likeness (QED) is 0.644. The Kier molecular flexibility index (Phi) is 6.72. The van der Waals surface area contributed by atoms with E-state index >= 15 is 0 Å². The normalized spacial score (nSPS) is 20.2. The molecule has 1 saturated heterocycles. The average Bonchev–Trinajstić information content (AvgIpc) is 2.34. The Bertz CT molecular complexity index is 280. The number of unbranched alkanes of at least 4 members (excludes halogenated alkanes) is 3. The molecule has 0 aromatic rings. The number of piperidine rings is 1. The summed E-state index contributed by atoms with van der Waals surface area (Å²) in [5.74, 6) is -0.604. The highest BCUT2D eigenvalue weighted by Gasteiger charge is 2.26. The number of nitrogens with zero attached hydrogens (tertiary/aromatic N) is 1. The molecule has 1 amide bonds. The molecule has 5 nitrogen and oxygen atoms in total. The largest absolute Gasteiger partial charge is 0.481 e. The number of carboxylic acids is 1. The van der Waals surface area contributed by atoms with Gasteiger partial charge in [0.25, 0.3) is 0 Å². The number of rotatable bonds is 8. The van der Waals surface area contributed by atoms with Crippen molar-refractivity contribution in [2.24, 2.45) is 0 Å². The number of aliphatic hydroxyl groups is 1. The Hall–Kier alpha value is -1.10. The van der Waals surface area contributed by atoms with E-state index in [0.29, 0.717) is 19.4 Å². The van der Waals surface area contributed by atoms with Crippen LogP contribution in [0.5, 0.6) is 0 Å². The maximum absolute atomic E-state index is 11.7. The van der Waals surface area contributed by atoms with Gasteiger partial charge >= 0.3 is 5.97 Å². The summed E-state index contributed by atoms with van der Waals surface area (Å²) in [5.41, 5.74) is 0. The minimum Gasteiger partial charge on any atom is -0.481 e. The third-order valence-corrected chi connectivity index (χ3v) is 3.44. The molecule has 0 radical (unpaired) electrons. The summed E-state index contributed by atoms with van der Waals surface area (Å²) in [6.07, 6.45) is 6.00. The SMILES string of the molecule is O=C(O)CCCCCCN1C(=O)CCCC1CO. The monoisotopic (exact) mass is 257 g/mol. The standard InChI is InChI=1S/C13H23NO4/c15-10-11-6-5-7-12(16)14(11)9-4-2-1-3-8-13(17)18/h11,15H,1-10H2,(H,17,18). The van der Waals surface area contributed by atoms with E-state index in [1.165, 1.54) is 0 Å². The van der Waals surface area contributed by atoms with E-state index in [1.54, 1.807) is 4.90 Å². The second-order valence-corrected chi connectivity index (χ2v) is 4.87. The molecule has 1 aliphatic heterocycles. The topological polar surface area (TPSA) is 77.8 Å². The van der Waals surface area contributed by atoms with E-state index in [2.05, 4.69) is 0 Å². The molecule has 0 aromatic carbocycles. The Morgan fingerprint density at radius 2 is 2.00 bits per heavy atom. The minimum absolute atomic E-state index is 0.00901. The maximum Gasteiger partial charge on any atom is 0.303 e. The van der Waals surface area contributed by atoms with E-state index in [9.17, 15) is 14.7 Å². The van der Waals surface area contributed by atoms with Gasteiger partial charge in [-0.1, -0.05) is 12.8 Å². The molecule has 1 heterocycles. The van der Waals surface area contributed by atoms with Gasteiger partial charge in [-0.3, -0.25) is 9.59 Å². The highest BCUT2D eigenvalue weighted by atomic mass is 16.4. The summed E-state index contributed by atoms with van der Waals surface area (Å²) in [5, 5.41) is 17.7. The van der Waals surface area contributed by atoms with Gasteiger partial charge in [0.05, 0.1) is 12.6 Å². The lowest BCUT2D eigenvalue weighted by Gasteiger charge is -2.34. The van der Waals surface area contributed by atoms with E-state index in [1.807, 2.05) is 0 Å². The number of hydrogen-bond donors (Lipinski definition) is 2. The second kappa shape index (κ2) is 8.08. The summed E-state index contributed by atoms with van der Waals surface area (Å²) >= 11 is 0. The molecule has 0 spiro atoms. The minimum atomic E-state index is -0.749. The molecule has 1 aliphatic rings. The van der Waals surface area contributed by atoms with Crippen LogP contribution in [0.15, 0.2) is 0 Å². The predicted octanol–water partition coefficient (Wildman–Crippen LogP) is 1.39. The Morgan fingerprint density at radius 3 is 2.67 bits per heavy atom. The van der Waals surface area contributed by atoms with Crippen molar-refractivity contribution in [2.45, 2.75) is 57.4 Å². The smallest absolute Gasteiger partial charge is 0.303 e. The zero-order valence-corrected chi connectivity index (χ0v) is 10.8. The first-order valence-electron chi connectivity index (χ1n) is 6.77. The summed E-state index contributed by atoms with van der Waals surface area (Å²) in [6.45, 7) is 0.738. The number of likely N-dealkylation sites (tertiary alicyclic amines) is 1. The van der Waals surface area contributed by atoms with Crippen LogP contribution in [-0.2, 0) is 9.59 Å². The summed E-state index contributed by atoms with van der Waals surface area (Å²) in [7, 11) is 0. The molecule has 0 aliphatic carbocycles. The first kappa shape index (κ1) is 15.0. The first-order chi connectivity index (χ1) is 8.65. The third-order valence-electron chi connectivity index (χ3n) is 3.44. The van der Waals surface area contributed by atoms with Gasteiger partial charge in [-0.15, -0.1) is 0 Å². The van der Waals surface area contributed by atoms with Crippen molar-refractivity contribution in [1.82, 2.24) is 4.90 Å².